The highest BCUT2D eigenvalue weighted by atomic mass is 16.5. The van der Waals surface area contributed by atoms with Gasteiger partial charge < -0.3 is 15.4 Å². The number of ether oxygens (including phenoxy) is 1. The number of rotatable bonds is 7. The van der Waals surface area contributed by atoms with Crippen LogP contribution in [0.5, 0.6) is 5.75 Å². The molecule has 0 unspecified atom stereocenters. The maximum Gasteiger partial charge on any atom is 0.254 e. The highest BCUT2D eigenvalue weighted by Crippen LogP contribution is 2.11. The Bertz CT molecular complexity index is 836. The zero-order valence-electron chi connectivity index (χ0n) is 14.3. The van der Waals surface area contributed by atoms with Crippen molar-refractivity contribution in [2.24, 2.45) is 0 Å². The molecule has 132 valence electrons. The van der Waals surface area contributed by atoms with Crippen LogP contribution in [0.3, 0.4) is 0 Å². The summed E-state index contributed by atoms with van der Waals surface area (Å²) in [5.74, 6) is 1.02. The van der Waals surface area contributed by atoms with Crippen molar-refractivity contribution < 1.29 is 9.53 Å². The Labute approximate surface area is 151 Å². The third-order valence-corrected chi connectivity index (χ3v) is 3.70. The van der Waals surface area contributed by atoms with E-state index >= 15 is 0 Å². The number of carbonyl (C=O) groups excluding carboxylic acids is 1. The van der Waals surface area contributed by atoms with Crippen LogP contribution in [-0.4, -0.2) is 28.0 Å². The van der Waals surface area contributed by atoms with Gasteiger partial charge in [0, 0.05) is 37.9 Å². The molecule has 2 aromatic heterocycles. The minimum absolute atomic E-state index is 0.223. The first kappa shape index (κ1) is 17.3. The van der Waals surface area contributed by atoms with Crippen molar-refractivity contribution in [3.8, 4) is 5.75 Å². The van der Waals surface area contributed by atoms with Gasteiger partial charge in [-0.2, -0.15) is 0 Å². The van der Waals surface area contributed by atoms with Gasteiger partial charge in [0.15, 0.2) is 0 Å². The summed E-state index contributed by atoms with van der Waals surface area (Å²) >= 11 is 0. The quantitative estimate of drug-likeness (QED) is 0.681. The zero-order chi connectivity index (χ0) is 18.2. The summed E-state index contributed by atoms with van der Waals surface area (Å²) in [5.41, 5.74) is 2.41. The van der Waals surface area contributed by atoms with E-state index in [1.165, 1.54) is 12.4 Å². The van der Waals surface area contributed by atoms with Crippen molar-refractivity contribution >= 4 is 11.9 Å². The average Bonchev–Trinajstić information content (AvgIpc) is 2.72. The Balaban J connectivity index is 1.51. The van der Waals surface area contributed by atoms with E-state index in [0.29, 0.717) is 24.6 Å². The Morgan fingerprint density at radius 2 is 1.77 bits per heavy atom. The molecule has 1 aromatic carbocycles. The third-order valence-electron chi connectivity index (χ3n) is 3.70. The number of nitrogens with one attached hydrogen (secondary N) is 2. The Morgan fingerprint density at radius 1 is 1.00 bits per heavy atom. The molecule has 7 heteroatoms. The van der Waals surface area contributed by atoms with Crippen LogP contribution in [0.4, 0.5) is 5.95 Å². The number of carbonyl (C=O) groups is 1. The summed E-state index contributed by atoms with van der Waals surface area (Å²) in [4.78, 5) is 24.6. The first-order valence-electron chi connectivity index (χ1n) is 8.10. The van der Waals surface area contributed by atoms with Crippen LogP contribution in [0.2, 0.25) is 0 Å². The molecule has 0 radical (unpaired) electrons. The fourth-order valence-electron chi connectivity index (χ4n) is 2.25. The molecule has 7 nitrogen and oxygen atoms in total. The molecule has 1 amide bonds. The average molecular weight is 349 g/mol. The first-order valence-corrected chi connectivity index (χ1v) is 8.10. The van der Waals surface area contributed by atoms with Crippen LogP contribution < -0.4 is 15.4 Å². The second kappa shape index (κ2) is 8.57. The molecule has 0 bridgehead atoms. The normalized spacial score (nSPS) is 10.2. The highest BCUT2D eigenvalue weighted by Gasteiger charge is 2.07. The lowest BCUT2D eigenvalue weighted by Crippen LogP contribution is -2.23. The number of amides is 1. The van der Waals surface area contributed by atoms with E-state index in [1.807, 2.05) is 36.4 Å². The lowest BCUT2D eigenvalue weighted by molar-refractivity contribution is 0.0950. The molecule has 0 atom stereocenters. The lowest BCUT2D eigenvalue weighted by atomic mass is 10.2. The smallest absolute Gasteiger partial charge is 0.254 e. The Morgan fingerprint density at radius 3 is 2.42 bits per heavy atom. The second-order valence-corrected chi connectivity index (χ2v) is 5.54. The van der Waals surface area contributed by atoms with Crippen LogP contribution in [0.1, 0.15) is 21.5 Å². The molecule has 0 aliphatic carbocycles. The van der Waals surface area contributed by atoms with Gasteiger partial charge in [0.2, 0.25) is 5.95 Å². The van der Waals surface area contributed by atoms with E-state index in [2.05, 4.69) is 25.6 Å². The molecule has 0 aliphatic heterocycles. The minimum Gasteiger partial charge on any atom is -0.497 e. The van der Waals surface area contributed by atoms with Gasteiger partial charge in [-0.15, -0.1) is 0 Å². The number of anilines is 1. The van der Waals surface area contributed by atoms with E-state index in [9.17, 15) is 4.79 Å². The van der Waals surface area contributed by atoms with E-state index in [1.54, 1.807) is 19.5 Å². The summed E-state index contributed by atoms with van der Waals surface area (Å²) in [5, 5.41) is 5.93. The van der Waals surface area contributed by atoms with Crippen molar-refractivity contribution in [3.05, 3.63) is 77.9 Å². The maximum absolute atomic E-state index is 12.2. The molecule has 0 saturated heterocycles. The van der Waals surface area contributed by atoms with Gasteiger partial charge >= 0.3 is 0 Å². The predicted octanol–water partition coefficient (Wildman–Crippen LogP) is 2.42. The van der Waals surface area contributed by atoms with Gasteiger partial charge in [0.05, 0.1) is 12.7 Å². The Kier molecular flexibility index (Phi) is 5.72. The van der Waals surface area contributed by atoms with E-state index in [0.717, 1.165) is 16.9 Å². The van der Waals surface area contributed by atoms with Crippen molar-refractivity contribution in [2.45, 2.75) is 13.1 Å². The summed E-state index contributed by atoms with van der Waals surface area (Å²) in [6, 6.07) is 11.3. The molecule has 2 heterocycles. The molecular formula is C19H19N5O2. The van der Waals surface area contributed by atoms with Crippen molar-refractivity contribution in [2.75, 3.05) is 12.4 Å². The molecule has 26 heavy (non-hydrogen) atoms. The molecule has 3 rings (SSSR count). The van der Waals surface area contributed by atoms with Gasteiger partial charge in [-0.25, -0.2) is 9.97 Å². The minimum atomic E-state index is -0.223. The summed E-state index contributed by atoms with van der Waals surface area (Å²) in [6.07, 6.45) is 6.50. The van der Waals surface area contributed by atoms with Crippen molar-refractivity contribution in [3.63, 3.8) is 0 Å². The van der Waals surface area contributed by atoms with Gasteiger partial charge in [0.25, 0.3) is 5.91 Å². The van der Waals surface area contributed by atoms with E-state index in [4.69, 9.17) is 4.74 Å². The number of nitrogens with zero attached hydrogens (tertiary/aromatic N) is 3. The molecule has 0 aliphatic rings. The van der Waals surface area contributed by atoms with Gasteiger partial charge in [0.1, 0.15) is 5.75 Å². The largest absolute Gasteiger partial charge is 0.497 e. The van der Waals surface area contributed by atoms with Crippen LogP contribution in [0.25, 0.3) is 0 Å². The molecule has 0 saturated carbocycles. The highest BCUT2D eigenvalue weighted by molar-refractivity contribution is 5.93. The third kappa shape index (κ3) is 4.76. The number of hydrogen-bond acceptors (Lipinski definition) is 6. The monoisotopic (exact) mass is 349 g/mol. The summed E-state index contributed by atoms with van der Waals surface area (Å²) < 4.78 is 5.11. The maximum atomic E-state index is 12.2. The predicted molar refractivity (Wildman–Crippen MR) is 97.8 cm³/mol. The topological polar surface area (TPSA) is 89.0 Å². The number of benzene rings is 1. The van der Waals surface area contributed by atoms with Gasteiger partial charge in [-0.3, -0.25) is 9.78 Å². The van der Waals surface area contributed by atoms with Crippen LogP contribution >= 0.6 is 0 Å². The second-order valence-electron chi connectivity index (χ2n) is 5.54. The van der Waals surface area contributed by atoms with E-state index < -0.39 is 0 Å². The number of methoxy groups -OCH3 is 1. The zero-order valence-corrected chi connectivity index (χ0v) is 14.3. The van der Waals surface area contributed by atoms with E-state index in [-0.39, 0.29) is 5.91 Å². The van der Waals surface area contributed by atoms with Gasteiger partial charge in [-0.05, 0) is 29.3 Å². The van der Waals surface area contributed by atoms with Crippen LogP contribution in [-0.2, 0) is 13.1 Å². The summed E-state index contributed by atoms with van der Waals surface area (Å²) in [7, 11) is 1.62. The SMILES string of the molecule is COc1ccc(CNC(=O)c2cnc(NCc3cccnc3)nc2)cc1. The lowest BCUT2D eigenvalue weighted by Gasteiger charge is -2.07. The fourth-order valence-corrected chi connectivity index (χ4v) is 2.25. The van der Waals surface area contributed by atoms with Crippen LogP contribution in [0.15, 0.2) is 61.2 Å². The number of aromatic nitrogens is 3. The molecular weight excluding hydrogens is 330 g/mol. The molecule has 0 spiro atoms. The van der Waals surface area contributed by atoms with Crippen LogP contribution in [0, 0.1) is 0 Å². The summed E-state index contributed by atoms with van der Waals surface area (Å²) in [6.45, 7) is 0.987. The first-order chi connectivity index (χ1) is 12.7. The molecule has 3 aromatic rings. The number of hydrogen-bond donors (Lipinski definition) is 2. The molecule has 0 fully saturated rings. The standard InChI is InChI=1S/C19H19N5O2/c1-26-17-6-4-14(5-7-17)10-21-18(25)16-12-23-19(24-13-16)22-11-15-3-2-8-20-9-15/h2-9,12-13H,10-11H2,1H3,(H,21,25)(H,22,23,24). The fraction of sp³-hybridized carbons (Fsp3) is 0.158. The number of pyridine rings is 1. The van der Waals surface area contributed by atoms with Crippen molar-refractivity contribution in [1.82, 2.24) is 20.3 Å². The Hall–Kier alpha value is -3.48. The van der Waals surface area contributed by atoms with Gasteiger partial charge in [-0.1, -0.05) is 18.2 Å². The molecule has 2 N–H and O–H groups in total. The van der Waals surface area contributed by atoms with Crippen molar-refractivity contribution in [1.29, 1.82) is 0 Å².